The fourth-order valence-corrected chi connectivity index (χ4v) is 2.14. The van der Waals surface area contributed by atoms with Crippen LogP contribution in [-0.2, 0) is 16.0 Å². The fourth-order valence-electron chi connectivity index (χ4n) is 2.14. The van der Waals surface area contributed by atoms with Crippen molar-refractivity contribution in [2.24, 2.45) is 11.8 Å². The standard InChI is InChI=1S/C12H18N2O4/c1-7(6-10(15)16)5-9-13-14-12(18-9)11-8(2)3-4-17-11/h7-8,11H,3-6H2,1-2H3,(H,15,16). The summed E-state index contributed by atoms with van der Waals surface area (Å²) in [6.45, 7) is 4.67. The lowest BCUT2D eigenvalue weighted by atomic mass is 10.0. The second kappa shape index (κ2) is 5.48. The third kappa shape index (κ3) is 3.07. The fraction of sp³-hybridized carbons (Fsp3) is 0.750. The van der Waals surface area contributed by atoms with Crippen molar-refractivity contribution in [2.75, 3.05) is 6.61 Å². The molecular weight excluding hydrogens is 236 g/mol. The van der Waals surface area contributed by atoms with Crippen molar-refractivity contribution >= 4 is 5.97 Å². The first-order chi connectivity index (χ1) is 8.56. The molecule has 1 saturated heterocycles. The van der Waals surface area contributed by atoms with Gasteiger partial charge in [-0.1, -0.05) is 13.8 Å². The third-order valence-electron chi connectivity index (χ3n) is 3.16. The first kappa shape index (κ1) is 13.0. The zero-order chi connectivity index (χ0) is 13.1. The van der Waals surface area contributed by atoms with Crippen LogP contribution in [0.3, 0.4) is 0 Å². The highest BCUT2D eigenvalue weighted by Crippen LogP contribution is 2.33. The van der Waals surface area contributed by atoms with Gasteiger partial charge in [-0.25, -0.2) is 0 Å². The van der Waals surface area contributed by atoms with E-state index < -0.39 is 5.97 Å². The Morgan fingerprint density at radius 1 is 1.56 bits per heavy atom. The highest BCUT2D eigenvalue weighted by atomic mass is 16.5. The highest BCUT2D eigenvalue weighted by molar-refractivity contribution is 5.66. The van der Waals surface area contributed by atoms with Gasteiger partial charge in [0.15, 0.2) is 0 Å². The van der Waals surface area contributed by atoms with Crippen LogP contribution in [0, 0.1) is 11.8 Å². The molecule has 3 atom stereocenters. The molecule has 6 nitrogen and oxygen atoms in total. The number of carbonyl (C=O) groups is 1. The summed E-state index contributed by atoms with van der Waals surface area (Å²) < 4.78 is 11.1. The average Bonchev–Trinajstić information content (AvgIpc) is 2.85. The average molecular weight is 254 g/mol. The Morgan fingerprint density at radius 2 is 2.33 bits per heavy atom. The molecule has 1 aliphatic rings. The second-order valence-electron chi connectivity index (χ2n) is 5.00. The van der Waals surface area contributed by atoms with Crippen molar-refractivity contribution in [1.82, 2.24) is 10.2 Å². The van der Waals surface area contributed by atoms with Crippen LogP contribution in [0.2, 0.25) is 0 Å². The van der Waals surface area contributed by atoms with Gasteiger partial charge in [0, 0.05) is 19.4 Å². The van der Waals surface area contributed by atoms with E-state index in [4.69, 9.17) is 14.3 Å². The monoisotopic (exact) mass is 254 g/mol. The smallest absolute Gasteiger partial charge is 0.303 e. The van der Waals surface area contributed by atoms with Crippen molar-refractivity contribution < 1.29 is 19.1 Å². The first-order valence-corrected chi connectivity index (χ1v) is 6.22. The molecule has 1 aromatic heterocycles. The minimum Gasteiger partial charge on any atom is -0.481 e. The Bertz CT molecular complexity index is 418. The van der Waals surface area contributed by atoms with E-state index in [2.05, 4.69) is 17.1 Å². The van der Waals surface area contributed by atoms with E-state index in [9.17, 15) is 4.79 Å². The van der Waals surface area contributed by atoms with Crippen LogP contribution in [0.1, 0.15) is 44.6 Å². The minimum absolute atomic E-state index is 0.0160. The highest BCUT2D eigenvalue weighted by Gasteiger charge is 2.30. The number of carboxylic acids is 1. The molecule has 0 saturated carbocycles. The number of ether oxygens (including phenoxy) is 1. The lowest BCUT2D eigenvalue weighted by molar-refractivity contribution is -0.137. The topological polar surface area (TPSA) is 85.5 Å². The summed E-state index contributed by atoms with van der Waals surface area (Å²) in [6, 6.07) is 0. The third-order valence-corrected chi connectivity index (χ3v) is 3.16. The molecule has 0 aliphatic carbocycles. The minimum atomic E-state index is -0.810. The van der Waals surface area contributed by atoms with Crippen molar-refractivity contribution in [1.29, 1.82) is 0 Å². The van der Waals surface area contributed by atoms with Crippen LogP contribution in [0.5, 0.6) is 0 Å². The summed E-state index contributed by atoms with van der Waals surface area (Å²) in [7, 11) is 0. The van der Waals surface area contributed by atoms with E-state index in [0.29, 0.717) is 24.1 Å². The maximum Gasteiger partial charge on any atom is 0.303 e. The molecule has 6 heteroatoms. The molecule has 0 amide bonds. The van der Waals surface area contributed by atoms with Crippen molar-refractivity contribution in [2.45, 2.75) is 39.2 Å². The number of rotatable bonds is 5. The number of aliphatic carboxylic acids is 1. The summed E-state index contributed by atoms with van der Waals surface area (Å²) in [4.78, 5) is 10.6. The summed E-state index contributed by atoms with van der Waals surface area (Å²) in [5.41, 5.74) is 0. The van der Waals surface area contributed by atoms with Gasteiger partial charge in [-0.3, -0.25) is 4.79 Å². The van der Waals surface area contributed by atoms with E-state index in [1.807, 2.05) is 6.92 Å². The van der Waals surface area contributed by atoms with Crippen molar-refractivity contribution in [3.05, 3.63) is 11.8 Å². The number of aromatic nitrogens is 2. The van der Waals surface area contributed by atoms with Crippen LogP contribution in [-0.4, -0.2) is 27.9 Å². The number of hydrogen-bond acceptors (Lipinski definition) is 5. The van der Waals surface area contributed by atoms with E-state index in [1.54, 1.807) is 0 Å². The maximum absolute atomic E-state index is 10.6. The van der Waals surface area contributed by atoms with E-state index in [1.165, 1.54) is 0 Å². The lowest BCUT2D eigenvalue weighted by Gasteiger charge is -2.08. The van der Waals surface area contributed by atoms with Crippen LogP contribution < -0.4 is 0 Å². The predicted octanol–water partition coefficient (Wildman–Crippen LogP) is 1.82. The Balaban J connectivity index is 1.95. The Morgan fingerprint density at radius 3 is 2.94 bits per heavy atom. The van der Waals surface area contributed by atoms with Crippen LogP contribution in [0.25, 0.3) is 0 Å². The molecule has 1 aromatic rings. The SMILES string of the molecule is CC(CC(=O)O)Cc1nnc(C2OCCC2C)o1. The molecule has 3 unspecified atom stereocenters. The summed E-state index contributed by atoms with van der Waals surface area (Å²) >= 11 is 0. The van der Waals surface area contributed by atoms with E-state index >= 15 is 0 Å². The molecule has 0 spiro atoms. The second-order valence-corrected chi connectivity index (χ2v) is 5.00. The first-order valence-electron chi connectivity index (χ1n) is 6.22. The van der Waals surface area contributed by atoms with Gasteiger partial charge in [-0.2, -0.15) is 0 Å². The molecule has 2 rings (SSSR count). The zero-order valence-electron chi connectivity index (χ0n) is 10.6. The molecule has 0 radical (unpaired) electrons. The molecule has 18 heavy (non-hydrogen) atoms. The molecule has 1 fully saturated rings. The van der Waals surface area contributed by atoms with Gasteiger partial charge in [0.25, 0.3) is 0 Å². The lowest BCUT2D eigenvalue weighted by Crippen LogP contribution is -2.07. The van der Waals surface area contributed by atoms with Crippen molar-refractivity contribution in [3.8, 4) is 0 Å². The van der Waals surface area contributed by atoms with E-state index in [-0.39, 0.29) is 18.4 Å². The van der Waals surface area contributed by atoms with Crippen LogP contribution in [0.15, 0.2) is 4.42 Å². The Kier molecular flexibility index (Phi) is 3.96. The summed E-state index contributed by atoms with van der Waals surface area (Å²) in [6.07, 6.45) is 1.48. The number of carboxylic acid groups (broad SMARTS) is 1. The summed E-state index contributed by atoms with van der Waals surface area (Å²) in [5, 5.41) is 16.6. The van der Waals surface area contributed by atoms with Gasteiger partial charge < -0.3 is 14.3 Å². The summed E-state index contributed by atoms with van der Waals surface area (Å²) in [5.74, 6) is 0.557. The van der Waals surface area contributed by atoms with Crippen LogP contribution in [0.4, 0.5) is 0 Å². The molecule has 1 aliphatic heterocycles. The normalized spacial score (nSPS) is 25.2. The van der Waals surface area contributed by atoms with Crippen LogP contribution >= 0.6 is 0 Å². The largest absolute Gasteiger partial charge is 0.481 e. The maximum atomic E-state index is 10.6. The zero-order valence-corrected chi connectivity index (χ0v) is 10.6. The molecule has 1 N–H and O–H groups in total. The van der Waals surface area contributed by atoms with Gasteiger partial charge in [0.2, 0.25) is 11.8 Å². The van der Waals surface area contributed by atoms with Gasteiger partial charge in [-0.15, -0.1) is 10.2 Å². The molecule has 0 bridgehead atoms. The van der Waals surface area contributed by atoms with Crippen molar-refractivity contribution in [3.63, 3.8) is 0 Å². The van der Waals surface area contributed by atoms with Gasteiger partial charge in [-0.05, 0) is 18.3 Å². The number of hydrogen-bond donors (Lipinski definition) is 1. The molecular formula is C12H18N2O4. The molecule has 100 valence electrons. The Labute approximate surface area is 105 Å². The number of nitrogens with zero attached hydrogens (tertiary/aromatic N) is 2. The molecule has 0 aromatic carbocycles. The van der Waals surface area contributed by atoms with Gasteiger partial charge >= 0.3 is 5.97 Å². The van der Waals surface area contributed by atoms with Gasteiger partial charge in [0.05, 0.1) is 0 Å². The molecule has 2 heterocycles. The Hall–Kier alpha value is -1.43. The van der Waals surface area contributed by atoms with E-state index in [0.717, 1.165) is 13.0 Å². The quantitative estimate of drug-likeness (QED) is 0.862. The van der Waals surface area contributed by atoms with Gasteiger partial charge in [0.1, 0.15) is 6.10 Å². The predicted molar refractivity (Wildman–Crippen MR) is 61.9 cm³/mol.